The molecule has 0 bridgehead atoms. The van der Waals surface area contributed by atoms with Gasteiger partial charge in [0.2, 0.25) is 0 Å². The summed E-state index contributed by atoms with van der Waals surface area (Å²) < 4.78 is 24.6. The Bertz CT molecular complexity index is 4860. The maximum Gasteiger partial charge on any atom is 0.132 e. The molecule has 2 spiro atoms. The summed E-state index contributed by atoms with van der Waals surface area (Å²) in [4.78, 5) is 2.54. The highest BCUT2D eigenvalue weighted by Gasteiger charge is 2.61. The molecular weight excluding hydrogens is 1030 g/mol. The van der Waals surface area contributed by atoms with Crippen LogP contribution in [0.1, 0.15) is 43.1 Å². The third-order valence-electron chi connectivity index (χ3n) is 17.3. The monoisotopic (exact) mass is 1070 g/mol. The predicted molar refractivity (Wildman–Crippen MR) is 327 cm³/mol. The van der Waals surface area contributed by atoms with Crippen LogP contribution in [0.5, 0.6) is 23.0 Å². The van der Waals surface area contributed by atoms with E-state index in [-0.39, 0.29) is 0 Å². The minimum atomic E-state index is -0.821. The van der Waals surface area contributed by atoms with E-state index in [4.69, 9.17) is 9.47 Å². The summed E-state index contributed by atoms with van der Waals surface area (Å²) in [6.07, 6.45) is 0. The van der Waals surface area contributed by atoms with Gasteiger partial charge in [0.25, 0.3) is 0 Å². The minimum absolute atomic E-state index is 0.821. The van der Waals surface area contributed by atoms with Crippen molar-refractivity contribution >= 4 is 129 Å². The smallest absolute Gasteiger partial charge is 0.132 e. The normalized spacial score (nSPS) is 14.6. The molecule has 0 radical (unpaired) electrons. The summed E-state index contributed by atoms with van der Waals surface area (Å²) in [6.45, 7) is 0. The predicted octanol–water partition coefficient (Wildman–Crippen LogP) is 20.0. The molecule has 8 heterocycles. The van der Waals surface area contributed by atoms with Crippen LogP contribution in [0.3, 0.4) is 0 Å². The highest BCUT2D eigenvalue weighted by molar-refractivity contribution is 7.27. The first-order chi connectivity index (χ1) is 38.7. The van der Waals surface area contributed by atoms with Gasteiger partial charge in [-0.3, -0.25) is 9.13 Å². The molecule has 0 saturated heterocycles. The SMILES string of the molecule is c1ccc2c(c1)Oc1ccccc1C21c2cc(-n3c4ccccc4c4ccc5c6ccccc6sc5c43)sc2C2(c3ccccc3Oc3ccccc32)c2cc(-n3c4ccccc4c4ccc5c6ccccc6sc5c43)sc21. The van der Waals surface area contributed by atoms with Crippen molar-refractivity contribution in [3.8, 4) is 33.0 Å². The fraction of sp³-hybridized carbons (Fsp3) is 0.0286. The average molecular weight is 1070 g/mol. The van der Waals surface area contributed by atoms with Crippen LogP contribution in [0.4, 0.5) is 0 Å². The lowest BCUT2D eigenvalue weighted by molar-refractivity contribution is 0.418. The topological polar surface area (TPSA) is 28.3 Å². The third kappa shape index (κ3) is 5.07. The first-order valence-corrected chi connectivity index (χ1v) is 29.7. The Kier molecular flexibility index (Phi) is 8.17. The molecule has 10 aromatic carbocycles. The molecule has 4 nitrogen and oxygen atoms in total. The Morgan fingerprint density at radius 2 is 0.615 bits per heavy atom. The van der Waals surface area contributed by atoms with E-state index in [1.165, 1.54) is 115 Å². The zero-order valence-electron chi connectivity index (χ0n) is 41.3. The van der Waals surface area contributed by atoms with Gasteiger partial charge in [-0.2, -0.15) is 0 Å². The van der Waals surface area contributed by atoms with E-state index in [0.29, 0.717) is 0 Å². The van der Waals surface area contributed by atoms with E-state index in [1.807, 2.05) is 45.3 Å². The quantitative estimate of drug-likeness (QED) is 0.173. The van der Waals surface area contributed by atoms with Gasteiger partial charge in [-0.1, -0.05) is 170 Å². The number of thiophene rings is 4. The Labute approximate surface area is 462 Å². The fourth-order valence-corrected chi connectivity index (χ4v) is 19.7. The van der Waals surface area contributed by atoms with Crippen LogP contribution >= 0.6 is 45.3 Å². The second-order valence-electron chi connectivity index (χ2n) is 20.9. The van der Waals surface area contributed by atoms with E-state index >= 15 is 0 Å². The maximum absolute atomic E-state index is 7.11. The molecule has 16 aromatic rings. The summed E-state index contributed by atoms with van der Waals surface area (Å²) in [7, 11) is 0. The molecule has 3 aliphatic rings. The molecule has 0 atom stereocenters. The Balaban J connectivity index is 1.02. The number of aromatic nitrogens is 2. The van der Waals surface area contributed by atoms with Crippen molar-refractivity contribution in [2.24, 2.45) is 0 Å². The van der Waals surface area contributed by atoms with Crippen molar-refractivity contribution in [2.45, 2.75) is 10.8 Å². The molecule has 6 aromatic heterocycles. The lowest BCUT2D eigenvalue weighted by atomic mass is 9.54. The Morgan fingerprint density at radius 3 is 1.03 bits per heavy atom. The molecule has 8 heteroatoms. The standard InChI is InChI=1S/C70H38N2O2S4/c1-9-25-53-39(17-1)43-33-35-45-41-19-3-15-31-59(41)75-65(45)63(43)71(53)61-37-51-67(77-61)70(49-23-7-13-29-57(49)74-58-30-14-8-24-50(58)70)52-38-62(78-68(52)69(51)47-21-5-11-27-55(47)73-56-28-12-6-22-48(56)69)72-54-26-10-2-18-40(54)44-34-36-46-42-20-4-16-32-60(42)76-66(46)64(44)72/h1-38H. The average Bonchev–Trinajstić information content (AvgIpc) is 4.46. The van der Waals surface area contributed by atoms with Crippen LogP contribution in [0.25, 0.3) is 94.0 Å². The summed E-state index contributed by atoms with van der Waals surface area (Å²) in [6, 6.07) is 85.8. The van der Waals surface area contributed by atoms with Crippen LogP contribution < -0.4 is 9.47 Å². The van der Waals surface area contributed by atoms with Crippen molar-refractivity contribution in [3.63, 3.8) is 0 Å². The van der Waals surface area contributed by atoms with Gasteiger partial charge in [0, 0.05) is 84.5 Å². The molecular formula is C70H38N2O2S4. The molecule has 0 saturated carbocycles. The van der Waals surface area contributed by atoms with Gasteiger partial charge in [-0.25, -0.2) is 0 Å². The molecule has 78 heavy (non-hydrogen) atoms. The number of rotatable bonds is 2. The summed E-state index contributed by atoms with van der Waals surface area (Å²) >= 11 is 7.68. The van der Waals surface area contributed by atoms with Crippen molar-refractivity contribution in [3.05, 3.63) is 274 Å². The summed E-state index contributed by atoms with van der Waals surface area (Å²) in [5, 5.41) is 12.5. The summed E-state index contributed by atoms with van der Waals surface area (Å²) in [5.74, 6) is 3.47. The van der Waals surface area contributed by atoms with Crippen LogP contribution in [0.2, 0.25) is 0 Å². The zero-order chi connectivity index (χ0) is 50.6. The number of para-hydroxylation sites is 6. The van der Waals surface area contributed by atoms with Crippen molar-refractivity contribution in [2.75, 3.05) is 0 Å². The van der Waals surface area contributed by atoms with Gasteiger partial charge >= 0.3 is 0 Å². The number of hydrogen-bond acceptors (Lipinski definition) is 6. The lowest BCUT2D eigenvalue weighted by Gasteiger charge is -2.50. The van der Waals surface area contributed by atoms with Gasteiger partial charge in [-0.05, 0) is 71.8 Å². The molecule has 0 fully saturated rings. The van der Waals surface area contributed by atoms with Crippen molar-refractivity contribution in [1.82, 2.24) is 9.13 Å². The maximum atomic E-state index is 7.11. The highest BCUT2D eigenvalue weighted by atomic mass is 32.1. The van der Waals surface area contributed by atoms with Crippen molar-refractivity contribution < 1.29 is 9.47 Å². The van der Waals surface area contributed by atoms with Gasteiger partial charge in [0.15, 0.2) is 0 Å². The fourth-order valence-electron chi connectivity index (χ4n) is 14.3. The molecule has 1 aliphatic carbocycles. The van der Waals surface area contributed by atoms with E-state index in [2.05, 4.69) is 240 Å². The summed E-state index contributed by atoms with van der Waals surface area (Å²) in [5.41, 5.74) is 10.3. The Morgan fingerprint density at radius 1 is 0.282 bits per heavy atom. The molecule has 0 amide bonds. The molecule has 0 unspecified atom stereocenters. The first-order valence-electron chi connectivity index (χ1n) is 26.4. The van der Waals surface area contributed by atoms with E-state index in [1.54, 1.807) is 0 Å². The minimum Gasteiger partial charge on any atom is -0.457 e. The van der Waals surface area contributed by atoms with E-state index in [9.17, 15) is 0 Å². The number of benzene rings is 10. The number of hydrogen-bond donors (Lipinski definition) is 0. The second kappa shape index (κ2) is 15.0. The number of nitrogens with zero attached hydrogens (tertiary/aromatic N) is 2. The number of ether oxygens (including phenoxy) is 2. The number of fused-ring (bicyclic) bond motifs is 28. The van der Waals surface area contributed by atoms with Gasteiger partial charge in [0.05, 0.1) is 42.3 Å². The van der Waals surface area contributed by atoms with Gasteiger partial charge in [-0.15, -0.1) is 45.3 Å². The van der Waals surface area contributed by atoms with E-state index in [0.717, 1.165) is 45.3 Å². The van der Waals surface area contributed by atoms with Gasteiger partial charge in [0.1, 0.15) is 33.0 Å². The molecule has 0 N–H and O–H groups in total. The second-order valence-corrected chi connectivity index (χ2v) is 25.1. The third-order valence-corrected chi connectivity index (χ3v) is 22.2. The van der Waals surface area contributed by atoms with Crippen LogP contribution in [0.15, 0.2) is 231 Å². The van der Waals surface area contributed by atoms with Crippen LogP contribution in [-0.4, -0.2) is 9.13 Å². The Hall–Kier alpha value is -8.76. The highest BCUT2D eigenvalue weighted by Crippen LogP contribution is 2.70. The van der Waals surface area contributed by atoms with Crippen molar-refractivity contribution in [1.29, 1.82) is 0 Å². The van der Waals surface area contributed by atoms with Crippen LogP contribution in [0, 0.1) is 0 Å². The van der Waals surface area contributed by atoms with Gasteiger partial charge < -0.3 is 9.47 Å². The lowest BCUT2D eigenvalue weighted by Crippen LogP contribution is -2.45. The molecule has 364 valence electrons. The molecule has 19 rings (SSSR count). The zero-order valence-corrected chi connectivity index (χ0v) is 44.5. The first kappa shape index (κ1) is 42.4. The van der Waals surface area contributed by atoms with Crippen LogP contribution in [-0.2, 0) is 10.8 Å². The van der Waals surface area contributed by atoms with E-state index < -0.39 is 10.8 Å². The largest absolute Gasteiger partial charge is 0.457 e. The molecule has 2 aliphatic heterocycles.